The van der Waals surface area contributed by atoms with Gasteiger partial charge in [-0.15, -0.1) is 0 Å². The molecule has 0 aromatic carbocycles. The molecule has 1 atom stereocenters. The van der Waals surface area contributed by atoms with Crippen LogP contribution in [0.1, 0.15) is 47.7 Å². The highest BCUT2D eigenvalue weighted by molar-refractivity contribution is 5.54. The zero-order valence-corrected chi connectivity index (χ0v) is 14.4. The van der Waals surface area contributed by atoms with Crippen molar-refractivity contribution in [2.24, 2.45) is 0 Å². The van der Waals surface area contributed by atoms with E-state index in [1.54, 1.807) is 0 Å². The quantitative estimate of drug-likeness (QED) is 0.732. The highest BCUT2D eigenvalue weighted by atomic mass is 16.5. The van der Waals surface area contributed by atoms with Crippen molar-refractivity contribution >= 4 is 5.52 Å². The summed E-state index contributed by atoms with van der Waals surface area (Å²) in [6.07, 6.45) is 4.54. The molecule has 0 bridgehead atoms. The summed E-state index contributed by atoms with van der Waals surface area (Å²) in [5, 5.41) is 4.11. The first-order chi connectivity index (χ1) is 12.3. The van der Waals surface area contributed by atoms with E-state index in [0.717, 1.165) is 36.8 Å². The predicted octanol–water partition coefficient (Wildman–Crippen LogP) is 3.08. The van der Waals surface area contributed by atoms with Crippen LogP contribution >= 0.6 is 0 Å². The maximum atomic E-state index is 6.06. The monoisotopic (exact) mass is 338 g/mol. The fourth-order valence-electron chi connectivity index (χ4n) is 3.75. The zero-order valence-electron chi connectivity index (χ0n) is 14.4. The molecule has 1 saturated carbocycles. The van der Waals surface area contributed by atoms with Crippen molar-refractivity contribution in [1.82, 2.24) is 19.4 Å². The molecule has 0 N–H and O–H groups in total. The lowest BCUT2D eigenvalue weighted by Gasteiger charge is -2.31. The Bertz CT molecular complexity index is 896. The van der Waals surface area contributed by atoms with Gasteiger partial charge in [-0.05, 0) is 37.8 Å². The first-order valence-electron chi connectivity index (χ1n) is 9.00. The number of imidazole rings is 1. The summed E-state index contributed by atoms with van der Waals surface area (Å²) in [5.74, 6) is 1.55. The Morgan fingerprint density at radius 1 is 1.28 bits per heavy atom. The number of pyridine rings is 1. The maximum absolute atomic E-state index is 6.06. The minimum Gasteiger partial charge on any atom is -0.369 e. The first-order valence-corrected chi connectivity index (χ1v) is 9.00. The van der Waals surface area contributed by atoms with Crippen LogP contribution < -0.4 is 0 Å². The van der Waals surface area contributed by atoms with Crippen LogP contribution in [0.25, 0.3) is 5.52 Å². The Kier molecular flexibility index (Phi) is 3.60. The molecule has 130 valence electrons. The molecule has 3 aromatic rings. The second-order valence-corrected chi connectivity index (χ2v) is 7.13. The molecule has 0 radical (unpaired) electrons. The molecular weight excluding hydrogens is 316 g/mol. The standard InChI is InChI=1S/C19H22N4O2/c1-13-9-15(21-25-13)10-22-7-8-24-18(11-22)19-17-4-2-3-16(14-5-6-14)23(17)12-20-19/h2-4,9,12,14,18H,5-8,10-11H2,1H3. The number of aryl methyl sites for hydroxylation is 1. The summed E-state index contributed by atoms with van der Waals surface area (Å²) in [7, 11) is 0. The van der Waals surface area contributed by atoms with Crippen LogP contribution in [-0.4, -0.2) is 39.1 Å². The lowest BCUT2D eigenvalue weighted by Crippen LogP contribution is -2.38. The minimum absolute atomic E-state index is 0.00111. The van der Waals surface area contributed by atoms with Crippen molar-refractivity contribution in [3.05, 3.63) is 53.4 Å². The van der Waals surface area contributed by atoms with Crippen LogP contribution in [-0.2, 0) is 11.3 Å². The Labute approximate surface area is 146 Å². The number of ether oxygens (including phenoxy) is 1. The summed E-state index contributed by atoms with van der Waals surface area (Å²) in [6, 6.07) is 8.51. The highest BCUT2D eigenvalue weighted by Gasteiger charge is 2.29. The fraction of sp³-hybridized carbons (Fsp3) is 0.474. The average Bonchev–Trinajstić information content (AvgIpc) is 3.25. The van der Waals surface area contributed by atoms with E-state index in [1.165, 1.54) is 24.1 Å². The van der Waals surface area contributed by atoms with Gasteiger partial charge < -0.3 is 13.7 Å². The van der Waals surface area contributed by atoms with E-state index in [-0.39, 0.29) is 6.10 Å². The van der Waals surface area contributed by atoms with E-state index in [2.05, 4.69) is 32.7 Å². The first kappa shape index (κ1) is 15.1. The van der Waals surface area contributed by atoms with Gasteiger partial charge in [-0.25, -0.2) is 4.98 Å². The molecule has 5 rings (SSSR count). The van der Waals surface area contributed by atoms with E-state index >= 15 is 0 Å². The maximum Gasteiger partial charge on any atom is 0.133 e. The second kappa shape index (κ2) is 5.97. The van der Waals surface area contributed by atoms with Gasteiger partial charge in [0.2, 0.25) is 0 Å². The zero-order chi connectivity index (χ0) is 16.8. The smallest absolute Gasteiger partial charge is 0.133 e. The Hall–Kier alpha value is -2.18. The minimum atomic E-state index is 0.00111. The molecule has 2 fully saturated rings. The molecular formula is C19H22N4O2. The number of aromatic nitrogens is 3. The van der Waals surface area contributed by atoms with Crippen molar-refractivity contribution in [3.8, 4) is 0 Å². The molecule has 1 saturated heterocycles. The summed E-state index contributed by atoms with van der Waals surface area (Å²) >= 11 is 0. The third-order valence-corrected chi connectivity index (χ3v) is 5.15. The highest BCUT2D eigenvalue weighted by Crippen LogP contribution is 2.40. The molecule has 1 unspecified atom stereocenters. The van der Waals surface area contributed by atoms with Crippen LogP contribution in [0.3, 0.4) is 0 Å². The Balaban J connectivity index is 1.39. The average molecular weight is 338 g/mol. The summed E-state index contributed by atoms with van der Waals surface area (Å²) < 4.78 is 13.5. The molecule has 0 spiro atoms. The number of hydrogen-bond donors (Lipinski definition) is 0. The normalized spacial score (nSPS) is 21.9. The number of fused-ring (bicyclic) bond motifs is 1. The molecule has 1 aliphatic carbocycles. The Morgan fingerprint density at radius 2 is 2.20 bits per heavy atom. The van der Waals surface area contributed by atoms with Crippen molar-refractivity contribution < 1.29 is 9.26 Å². The molecule has 6 nitrogen and oxygen atoms in total. The molecule has 1 aliphatic heterocycles. The van der Waals surface area contributed by atoms with E-state index in [1.807, 2.05) is 19.3 Å². The molecule has 3 aromatic heterocycles. The fourth-order valence-corrected chi connectivity index (χ4v) is 3.75. The van der Waals surface area contributed by atoms with Gasteiger partial charge in [-0.1, -0.05) is 11.2 Å². The molecule has 4 heterocycles. The summed E-state index contributed by atoms with van der Waals surface area (Å²) in [5.41, 5.74) is 4.57. The van der Waals surface area contributed by atoms with E-state index in [4.69, 9.17) is 14.2 Å². The van der Waals surface area contributed by atoms with E-state index in [0.29, 0.717) is 12.5 Å². The van der Waals surface area contributed by atoms with Gasteiger partial charge >= 0.3 is 0 Å². The topological polar surface area (TPSA) is 55.8 Å². The lowest BCUT2D eigenvalue weighted by molar-refractivity contribution is -0.0346. The van der Waals surface area contributed by atoms with Gasteiger partial charge in [0.05, 0.1) is 29.8 Å². The van der Waals surface area contributed by atoms with E-state index in [9.17, 15) is 0 Å². The molecule has 25 heavy (non-hydrogen) atoms. The van der Waals surface area contributed by atoms with E-state index < -0.39 is 0 Å². The lowest BCUT2D eigenvalue weighted by atomic mass is 10.1. The van der Waals surface area contributed by atoms with Gasteiger partial charge in [-0.2, -0.15) is 0 Å². The summed E-state index contributed by atoms with van der Waals surface area (Å²) in [4.78, 5) is 7.08. The van der Waals surface area contributed by atoms with Crippen LogP contribution in [0.4, 0.5) is 0 Å². The third kappa shape index (κ3) is 2.85. The number of nitrogens with zero attached hydrogens (tertiary/aromatic N) is 4. The predicted molar refractivity (Wildman–Crippen MR) is 92.4 cm³/mol. The van der Waals surface area contributed by atoms with Crippen molar-refractivity contribution in [2.75, 3.05) is 19.7 Å². The second-order valence-electron chi connectivity index (χ2n) is 7.13. The van der Waals surface area contributed by atoms with Crippen LogP contribution in [0.2, 0.25) is 0 Å². The van der Waals surface area contributed by atoms with Crippen LogP contribution in [0.5, 0.6) is 0 Å². The van der Waals surface area contributed by atoms with Crippen molar-refractivity contribution in [1.29, 1.82) is 0 Å². The molecule has 2 aliphatic rings. The molecule has 0 amide bonds. The van der Waals surface area contributed by atoms with Crippen LogP contribution in [0, 0.1) is 6.92 Å². The number of rotatable bonds is 4. The third-order valence-electron chi connectivity index (χ3n) is 5.15. The van der Waals surface area contributed by atoms with Crippen molar-refractivity contribution in [2.45, 2.75) is 38.3 Å². The van der Waals surface area contributed by atoms with Gasteiger partial charge in [0.1, 0.15) is 11.9 Å². The number of morpholine rings is 1. The SMILES string of the molecule is Cc1cc(CN2CCOC(c3ncn4c(C5CC5)cccc34)C2)no1. The Morgan fingerprint density at radius 3 is 3.00 bits per heavy atom. The van der Waals surface area contributed by atoms with Gasteiger partial charge in [0, 0.05) is 31.4 Å². The van der Waals surface area contributed by atoms with Crippen molar-refractivity contribution in [3.63, 3.8) is 0 Å². The molecule has 6 heteroatoms. The van der Waals surface area contributed by atoms with Gasteiger partial charge in [0.25, 0.3) is 0 Å². The number of hydrogen-bond acceptors (Lipinski definition) is 5. The van der Waals surface area contributed by atoms with Gasteiger partial charge in [-0.3, -0.25) is 4.90 Å². The van der Waals surface area contributed by atoms with Gasteiger partial charge in [0.15, 0.2) is 0 Å². The largest absolute Gasteiger partial charge is 0.369 e. The summed E-state index contributed by atoms with van der Waals surface area (Å²) in [6.45, 7) is 5.15. The van der Waals surface area contributed by atoms with Crippen LogP contribution in [0.15, 0.2) is 35.1 Å².